The van der Waals surface area contributed by atoms with Crippen molar-refractivity contribution < 1.29 is 12.8 Å². The van der Waals surface area contributed by atoms with E-state index in [-0.39, 0.29) is 17.3 Å². The maximum atomic E-state index is 14.0. The van der Waals surface area contributed by atoms with Crippen LogP contribution in [0.3, 0.4) is 0 Å². The van der Waals surface area contributed by atoms with Crippen LogP contribution in [0.5, 0.6) is 0 Å². The fourth-order valence-corrected chi connectivity index (χ4v) is 3.20. The fraction of sp³-hybridized carbons (Fsp3) is 0.214. The van der Waals surface area contributed by atoms with Crippen LogP contribution in [-0.2, 0) is 22.4 Å². The number of aromatic nitrogens is 1. The number of nitrogens with zero attached hydrogens (tertiary/aromatic N) is 2. The Bertz CT molecular complexity index is 723. The van der Waals surface area contributed by atoms with E-state index in [1.165, 1.54) is 19.2 Å². The predicted octanol–water partition coefficient (Wildman–Crippen LogP) is 2.78. The topological polar surface area (TPSA) is 50.3 Å². The van der Waals surface area contributed by atoms with Gasteiger partial charge in [-0.2, -0.15) is 4.31 Å². The van der Waals surface area contributed by atoms with Crippen molar-refractivity contribution in [3.8, 4) is 0 Å². The van der Waals surface area contributed by atoms with Crippen LogP contribution in [-0.4, -0.2) is 24.8 Å². The quantitative estimate of drug-likeness (QED) is 0.793. The Labute approximate surface area is 128 Å². The fourth-order valence-electron chi connectivity index (χ4n) is 1.84. The van der Waals surface area contributed by atoms with E-state index >= 15 is 0 Å². The summed E-state index contributed by atoms with van der Waals surface area (Å²) in [6.07, 6.45) is 3.17. The monoisotopic (exact) mass is 328 g/mol. The number of alkyl halides is 1. The molecule has 1 heterocycles. The first kappa shape index (κ1) is 15.9. The molecule has 0 aliphatic heterocycles. The zero-order chi connectivity index (χ0) is 15.5. The summed E-state index contributed by atoms with van der Waals surface area (Å²) in [5, 5.41) is 0. The standard InChI is InChI=1S/C14H14ClFN2O2S/c1-18(10-12-3-2-6-17-9-12)21(19,20)14-5-4-11(8-15)7-13(14)16/h2-7,9H,8,10H2,1H3. The molecule has 0 aliphatic carbocycles. The maximum Gasteiger partial charge on any atom is 0.246 e. The van der Waals surface area contributed by atoms with Crippen molar-refractivity contribution >= 4 is 21.6 Å². The van der Waals surface area contributed by atoms with E-state index in [2.05, 4.69) is 4.98 Å². The molecular formula is C14H14ClFN2O2S. The minimum absolute atomic E-state index is 0.118. The number of sulfonamides is 1. The van der Waals surface area contributed by atoms with Gasteiger partial charge in [0.05, 0.1) is 0 Å². The van der Waals surface area contributed by atoms with Gasteiger partial charge in [0.15, 0.2) is 0 Å². The Kier molecular flexibility index (Phi) is 4.92. The van der Waals surface area contributed by atoms with Gasteiger partial charge >= 0.3 is 0 Å². The lowest BCUT2D eigenvalue weighted by atomic mass is 10.2. The van der Waals surface area contributed by atoms with E-state index in [0.717, 1.165) is 15.9 Å². The van der Waals surface area contributed by atoms with E-state index in [0.29, 0.717) is 5.56 Å². The Balaban J connectivity index is 2.29. The summed E-state index contributed by atoms with van der Waals surface area (Å²) in [6.45, 7) is 0.118. The van der Waals surface area contributed by atoms with Crippen LogP contribution in [0.15, 0.2) is 47.6 Å². The van der Waals surface area contributed by atoms with Crippen molar-refractivity contribution in [2.45, 2.75) is 17.3 Å². The van der Waals surface area contributed by atoms with Gasteiger partial charge in [-0.15, -0.1) is 11.6 Å². The summed E-state index contributed by atoms with van der Waals surface area (Å²) in [5.74, 6) is -0.672. The maximum absolute atomic E-state index is 14.0. The highest BCUT2D eigenvalue weighted by Crippen LogP contribution is 2.21. The van der Waals surface area contributed by atoms with Crippen LogP contribution < -0.4 is 0 Å². The van der Waals surface area contributed by atoms with Gasteiger partial charge in [-0.1, -0.05) is 12.1 Å². The highest BCUT2D eigenvalue weighted by Gasteiger charge is 2.24. The molecule has 21 heavy (non-hydrogen) atoms. The Hall–Kier alpha value is -1.50. The van der Waals surface area contributed by atoms with Crippen molar-refractivity contribution in [1.82, 2.24) is 9.29 Å². The average molecular weight is 329 g/mol. The largest absolute Gasteiger partial charge is 0.264 e. The molecule has 0 amide bonds. The lowest BCUT2D eigenvalue weighted by molar-refractivity contribution is 0.459. The SMILES string of the molecule is CN(Cc1cccnc1)S(=O)(=O)c1ccc(CCl)cc1F. The third-order valence-corrected chi connectivity index (χ3v) is 5.11. The van der Waals surface area contributed by atoms with E-state index in [9.17, 15) is 12.8 Å². The molecule has 0 bridgehead atoms. The summed E-state index contributed by atoms with van der Waals surface area (Å²) in [7, 11) is -2.51. The minimum Gasteiger partial charge on any atom is -0.264 e. The third-order valence-electron chi connectivity index (χ3n) is 2.97. The molecular weight excluding hydrogens is 315 g/mol. The molecule has 7 heteroatoms. The second-order valence-electron chi connectivity index (χ2n) is 4.52. The van der Waals surface area contributed by atoms with Crippen LogP contribution in [0.2, 0.25) is 0 Å². The van der Waals surface area contributed by atoms with E-state index in [1.54, 1.807) is 24.5 Å². The van der Waals surface area contributed by atoms with Crippen molar-refractivity contribution in [3.63, 3.8) is 0 Å². The predicted molar refractivity (Wildman–Crippen MR) is 78.8 cm³/mol. The Morgan fingerprint density at radius 2 is 2.05 bits per heavy atom. The summed E-state index contributed by atoms with van der Waals surface area (Å²) < 4.78 is 39.8. The molecule has 0 saturated heterocycles. The number of benzene rings is 1. The number of hydrogen-bond donors (Lipinski definition) is 0. The molecule has 0 atom stereocenters. The second kappa shape index (κ2) is 6.51. The molecule has 112 valence electrons. The average Bonchev–Trinajstić information content (AvgIpc) is 2.47. The van der Waals surface area contributed by atoms with Gasteiger partial charge in [-0.05, 0) is 29.3 Å². The summed E-state index contributed by atoms with van der Waals surface area (Å²) in [4.78, 5) is 3.56. The Morgan fingerprint density at radius 3 is 2.62 bits per heavy atom. The molecule has 0 aliphatic rings. The highest BCUT2D eigenvalue weighted by molar-refractivity contribution is 7.89. The Morgan fingerprint density at radius 1 is 1.29 bits per heavy atom. The van der Waals surface area contributed by atoms with Crippen LogP contribution in [0.1, 0.15) is 11.1 Å². The molecule has 2 rings (SSSR count). The summed E-state index contributed by atoms with van der Waals surface area (Å²) in [5.41, 5.74) is 1.25. The van der Waals surface area contributed by atoms with Gasteiger partial charge < -0.3 is 0 Å². The molecule has 4 nitrogen and oxygen atoms in total. The number of hydrogen-bond acceptors (Lipinski definition) is 3. The molecule has 1 aromatic heterocycles. The normalized spacial score (nSPS) is 11.8. The molecule has 2 aromatic rings. The molecule has 0 N–H and O–H groups in total. The van der Waals surface area contributed by atoms with Crippen LogP contribution in [0.4, 0.5) is 4.39 Å². The molecule has 0 unspecified atom stereocenters. The number of rotatable bonds is 5. The molecule has 0 spiro atoms. The summed E-state index contributed by atoms with van der Waals surface area (Å²) >= 11 is 5.60. The van der Waals surface area contributed by atoms with Crippen LogP contribution >= 0.6 is 11.6 Å². The lowest BCUT2D eigenvalue weighted by Crippen LogP contribution is -2.27. The van der Waals surface area contributed by atoms with Gasteiger partial charge in [0, 0.05) is 31.9 Å². The third kappa shape index (κ3) is 3.58. The van der Waals surface area contributed by atoms with Gasteiger partial charge in [0.2, 0.25) is 10.0 Å². The van der Waals surface area contributed by atoms with Gasteiger partial charge in [0.25, 0.3) is 0 Å². The van der Waals surface area contributed by atoms with Gasteiger partial charge in [0.1, 0.15) is 10.7 Å². The van der Waals surface area contributed by atoms with E-state index < -0.39 is 15.8 Å². The smallest absolute Gasteiger partial charge is 0.246 e. The number of pyridine rings is 1. The first-order valence-electron chi connectivity index (χ1n) is 6.15. The number of halogens is 2. The lowest BCUT2D eigenvalue weighted by Gasteiger charge is -2.17. The highest BCUT2D eigenvalue weighted by atomic mass is 35.5. The van der Waals surface area contributed by atoms with Crippen LogP contribution in [0.25, 0.3) is 0 Å². The van der Waals surface area contributed by atoms with Crippen molar-refractivity contribution in [2.24, 2.45) is 0 Å². The van der Waals surface area contributed by atoms with Crippen molar-refractivity contribution in [3.05, 3.63) is 59.7 Å². The molecule has 0 radical (unpaired) electrons. The second-order valence-corrected chi connectivity index (χ2v) is 6.80. The molecule has 1 aromatic carbocycles. The zero-order valence-corrected chi connectivity index (χ0v) is 12.9. The van der Waals surface area contributed by atoms with E-state index in [1.807, 2.05) is 0 Å². The molecule has 0 saturated carbocycles. The minimum atomic E-state index is -3.91. The van der Waals surface area contributed by atoms with Crippen molar-refractivity contribution in [1.29, 1.82) is 0 Å². The summed E-state index contributed by atoms with van der Waals surface area (Å²) in [6, 6.07) is 7.35. The van der Waals surface area contributed by atoms with Crippen molar-refractivity contribution in [2.75, 3.05) is 7.05 Å². The van der Waals surface area contributed by atoms with E-state index in [4.69, 9.17) is 11.6 Å². The zero-order valence-electron chi connectivity index (χ0n) is 11.3. The molecule has 0 fully saturated rings. The van der Waals surface area contributed by atoms with Gasteiger partial charge in [-0.25, -0.2) is 12.8 Å². The first-order valence-corrected chi connectivity index (χ1v) is 8.12. The van der Waals surface area contributed by atoms with Gasteiger partial charge in [-0.3, -0.25) is 4.98 Å². The first-order chi connectivity index (χ1) is 9.95. The van der Waals surface area contributed by atoms with Crippen LogP contribution in [0, 0.1) is 5.82 Å².